The fourth-order valence-corrected chi connectivity index (χ4v) is 2.94. The fourth-order valence-electron chi connectivity index (χ4n) is 1.90. The van der Waals surface area contributed by atoms with Gasteiger partial charge in [-0.05, 0) is 24.3 Å². The number of hydrogen-bond acceptors (Lipinski definition) is 3. The van der Waals surface area contributed by atoms with E-state index in [4.69, 9.17) is 11.6 Å². The van der Waals surface area contributed by atoms with Crippen LogP contribution >= 0.6 is 22.9 Å². The molecule has 3 aromatic rings. The molecular weight excluding hydrogens is 297 g/mol. The molecule has 0 bridgehead atoms. The largest absolute Gasteiger partial charge is 0.268 e. The summed E-state index contributed by atoms with van der Waals surface area (Å²) in [5, 5.41) is 6.86. The smallest absolute Gasteiger partial charge is 0.128 e. The van der Waals surface area contributed by atoms with Crippen molar-refractivity contribution in [2.75, 3.05) is 0 Å². The number of aromatic nitrogens is 3. The number of nitrogens with zero attached hydrogens (tertiary/aromatic N) is 3. The van der Waals surface area contributed by atoms with Crippen LogP contribution in [0.4, 0.5) is 4.39 Å². The molecule has 3 nitrogen and oxygen atoms in total. The molecule has 2 aromatic heterocycles. The summed E-state index contributed by atoms with van der Waals surface area (Å²) in [6, 6.07) is 6.83. The molecular formula is C14H11ClFN3S. The van der Waals surface area contributed by atoms with Gasteiger partial charge in [-0.1, -0.05) is 0 Å². The Kier molecular flexibility index (Phi) is 3.80. The zero-order chi connectivity index (χ0) is 13.9. The average Bonchev–Trinajstić information content (AvgIpc) is 3.12. The second-order valence-corrected chi connectivity index (χ2v) is 5.41. The van der Waals surface area contributed by atoms with E-state index in [1.165, 1.54) is 17.4 Å². The summed E-state index contributed by atoms with van der Waals surface area (Å²) in [5.74, 6) is 0.149. The van der Waals surface area contributed by atoms with Gasteiger partial charge in [0, 0.05) is 28.9 Å². The first-order valence-corrected chi connectivity index (χ1v) is 7.44. The molecule has 3 rings (SSSR count). The maximum absolute atomic E-state index is 13.9. The summed E-state index contributed by atoms with van der Waals surface area (Å²) in [4.78, 5) is 4.41. The van der Waals surface area contributed by atoms with E-state index in [1.807, 2.05) is 17.5 Å². The van der Waals surface area contributed by atoms with E-state index in [0.717, 1.165) is 16.3 Å². The Bertz CT molecular complexity index is 709. The van der Waals surface area contributed by atoms with E-state index < -0.39 is 0 Å². The van der Waals surface area contributed by atoms with E-state index in [1.54, 1.807) is 23.1 Å². The third kappa shape index (κ3) is 2.73. The molecule has 0 saturated carbocycles. The molecule has 6 heteroatoms. The van der Waals surface area contributed by atoms with Crippen LogP contribution < -0.4 is 0 Å². The molecule has 0 fully saturated rings. The molecule has 0 spiro atoms. The number of thiazole rings is 1. The zero-order valence-electron chi connectivity index (χ0n) is 10.5. The summed E-state index contributed by atoms with van der Waals surface area (Å²) in [7, 11) is 0. The first-order valence-electron chi connectivity index (χ1n) is 6.03. The molecule has 20 heavy (non-hydrogen) atoms. The number of alkyl halides is 1. The highest BCUT2D eigenvalue weighted by atomic mass is 35.5. The van der Waals surface area contributed by atoms with Crippen molar-refractivity contribution in [2.24, 2.45) is 0 Å². The minimum absolute atomic E-state index is 0.238. The molecule has 0 saturated heterocycles. The van der Waals surface area contributed by atoms with Crippen molar-refractivity contribution < 1.29 is 4.39 Å². The Morgan fingerprint density at radius 1 is 1.35 bits per heavy atom. The lowest BCUT2D eigenvalue weighted by Gasteiger charge is -2.06. The lowest BCUT2D eigenvalue weighted by Crippen LogP contribution is -2.02. The second kappa shape index (κ2) is 5.73. The van der Waals surface area contributed by atoms with E-state index in [0.29, 0.717) is 18.0 Å². The Morgan fingerprint density at radius 3 is 2.95 bits per heavy atom. The molecule has 102 valence electrons. The van der Waals surface area contributed by atoms with Crippen LogP contribution in [0.15, 0.2) is 42.0 Å². The van der Waals surface area contributed by atoms with Crippen molar-refractivity contribution in [3.63, 3.8) is 0 Å². The number of rotatable bonds is 4. The zero-order valence-corrected chi connectivity index (χ0v) is 12.0. The number of hydrogen-bond donors (Lipinski definition) is 0. The van der Waals surface area contributed by atoms with Crippen LogP contribution in [0, 0.1) is 5.82 Å². The van der Waals surface area contributed by atoms with Gasteiger partial charge in [0.2, 0.25) is 0 Å². The summed E-state index contributed by atoms with van der Waals surface area (Å²) in [6.45, 7) is 0.403. The lowest BCUT2D eigenvalue weighted by molar-refractivity contribution is 0.585. The van der Waals surface area contributed by atoms with Gasteiger partial charge in [-0.3, -0.25) is 4.68 Å². The van der Waals surface area contributed by atoms with Crippen LogP contribution in [0.5, 0.6) is 0 Å². The lowest BCUT2D eigenvalue weighted by atomic mass is 10.1. The average molecular weight is 308 g/mol. The molecule has 0 amide bonds. The highest BCUT2D eigenvalue weighted by Crippen LogP contribution is 2.26. The van der Waals surface area contributed by atoms with Crippen LogP contribution in [-0.4, -0.2) is 14.8 Å². The van der Waals surface area contributed by atoms with E-state index in [-0.39, 0.29) is 5.82 Å². The van der Waals surface area contributed by atoms with Crippen LogP contribution in [0.25, 0.3) is 10.6 Å². The minimum Gasteiger partial charge on any atom is -0.268 e. The van der Waals surface area contributed by atoms with Gasteiger partial charge in [-0.25, -0.2) is 9.37 Å². The number of benzene rings is 1. The third-order valence-corrected chi connectivity index (χ3v) is 4.09. The molecule has 0 atom stereocenters. The minimum atomic E-state index is -0.238. The maximum Gasteiger partial charge on any atom is 0.128 e. The van der Waals surface area contributed by atoms with Crippen molar-refractivity contribution in [2.45, 2.75) is 12.4 Å². The van der Waals surface area contributed by atoms with Crippen LogP contribution in [0.1, 0.15) is 11.3 Å². The van der Waals surface area contributed by atoms with Gasteiger partial charge in [0.25, 0.3) is 0 Å². The highest BCUT2D eigenvalue weighted by molar-refractivity contribution is 7.13. The summed E-state index contributed by atoms with van der Waals surface area (Å²) < 4.78 is 15.6. The topological polar surface area (TPSA) is 30.7 Å². The van der Waals surface area contributed by atoms with Crippen molar-refractivity contribution >= 4 is 22.9 Å². The Balaban J connectivity index is 1.93. The summed E-state index contributed by atoms with van der Waals surface area (Å²) in [5.41, 5.74) is 2.33. The summed E-state index contributed by atoms with van der Waals surface area (Å²) in [6.07, 6.45) is 3.48. The normalized spacial score (nSPS) is 10.9. The molecule has 0 aliphatic rings. The van der Waals surface area contributed by atoms with Gasteiger partial charge in [0.15, 0.2) is 0 Å². The Labute approximate surface area is 124 Å². The highest BCUT2D eigenvalue weighted by Gasteiger charge is 2.09. The van der Waals surface area contributed by atoms with E-state index >= 15 is 0 Å². The first-order chi connectivity index (χ1) is 9.76. The fraction of sp³-hybridized carbons (Fsp3) is 0.143. The molecule has 2 heterocycles. The molecule has 1 aromatic carbocycles. The van der Waals surface area contributed by atoms with Crippen molar-refractivity contribution in [1.29, 1.82) is 0 Å². The predicted molar refractivity (Wildman–Crippen MR) is 78.4 cm³/mol. The monoisotopic (exact) mass is 307 g/mol. The van der Waals surface area contributed by atoms with Gasteiger partial charge in [0.05, 0.1) is 18.1 Å². The van der Waals surface area contributed by atoms with Gasteiger partial charge >= 0.3 is 0 Å². The van der Waals surface area contributed by atoms with Gasteiger partial charge in [-0.15, -0.1) is 22.9 Å². The molecule has 0 N–H and O–H groups in total. The van der Waals surface area contributed by atoms with Gasteiger partial charge in [-0.2, -0.15) is 5.10 Å². The predicted octanol–water partition coefficient (Wildman–Crippen LogP) is 3.93. The van der Waals surface area contributed by atoms with Gasteiger partial charge < -0.3 is 0 Å². The second-order valence-electron chi connectivity index (χ2n) is 4.29. The Morgan fingerprint density at radius 2 is 2.25 bits per heavy atom. The Hall–Kier alpha value is -1.72. The SMILES string of the molecule is Fc1ccc(-c2nc(CCl)cs2)cc1Cn1cccn1. The van der Waals surface area contributed by atoms with Crippen LogP contribution in [-0.2, 0) is 12.4 Å². The maximum atomic E-state index is 13.9. The number of halogens is 2. The standard InChI is InChI=1S/C14H11ClFN3S/c15-7-12-9-20-14(18-12)10-2-3-13(16)11(6-10)8-19-5-1-4-17-19/h1-6,9H,7-8H2. The van der Waals surface area contributed by atoms with Gasteiger partial charge in [0.1, 0.15) is 10.8 Å². The van der Waals surface area contributed by atoms with Crippen molar-refractivity contribution in [3.8, 4) is 10.6 Å². The summed E-state index contributed by atoms with van der Waals surface area (Å²) >= 11 is 7.26. The van der Waals surface area contributed by atoms with Crippen molar-refractivity contribution in [1.82, 2.24) is 14.8 Å². The van der Waals surface area contributed by atoms with Crippen LogP contribution in [0.2, 0.25) is 0 Å². The van der Waals surface area contributed by atoms with Crippen LogP contribution in [0.3, 0.4) is 0 Å². The first kappa shape index (κ1) is 13.3. The van der Waals surface area contributed by atoms with E-state index in [2.05, 4.69) is 10.1 Å². The quantitative estimate of drug-likeness (QED) is 0.684. The molecule has 0 radical (unpaired) electrons. The third-order valence-electron chi connectivity index (χ3n) is 2.87. The molecule has 0 aliphatic heterocycles. The molecule has 0 aliphatic carbocycles. The van der Waals surface area contributed by atoms with E-state index in [9.17, 15) is 4.39 Å². The van der Waals surface area contributed by atoms with Crippen molar-refractivity contribution in [3.05, 3.63) is 59.1 Å². The molecule has 0 unspecified atom stereocenters.